The number of likely N-dealkylation sites (tertiary alicyclic amines) is 1. The fourth-order valence-corrected chi connectivity index (χ4v) is 2.55. The molecular weight excluding hydrogens is 214 g/mol. The Balaban J connectivity index is 1.86. The van der Waals surface area contributed by atoms with E-state index in [4.69, 9.17) is 10.3 Å². The summed E-state index contributed by atoms with van der Waals surface area (Å²) < 4.78 is 5.29. The van der Waals surface area contributed by atoms with Gasteiger partial charge in [-0.05, 0) is 45.7 Å². The van der Waals surface area contributed by atoms with Gasteiger partial charge < -0.3 is 15.2 Å². The minimum absolute atomic E-state index is 0.531. The quantitative estimate of drug-likeness (QED) is 0.867. The average molecular weight is 237 g/mol. The number of nitrogens with two attached hydrogens (primary N) is 1. The summed E-state index contributed by atoms with van der Waals surface area (Å²) in [6, 6.07) is 0.667. The lowest BCUT2D eigenvalue weighted by Crippen LogP contribution is -2.38. The van der Waals surface area contributed by atoms with Crippen molar-refractivity contribution in [2.45, 2.75) is 45.7 Å². The Hall–Kier alpha value is -0.870. The van der Waals surface area contributed by atoms with Gasteiger partial charge in [-0.25, -0.2) is 0 Å². The lowest BCUT2D eigenvalue weighted by Gasteiger charge is -2.34. The van der Waals surface area contributed by atoms with Crippen LogP contribution in [0.2, 0.25) is 0 Å². The maximum absolute atomic E-state index is 5.65. The molecule has 17 heavy (non-hydrogen) atoms. The summed E-state index contributed by atoms with van der Waals surface area (Å²) in [6.45, 7) is 7.47. The van der Waals surface area contributed by atoms with E-state index >= 15 is 0 Å². The minimum Gasteiger partial charge on any atom is -0.361 e. The summed E-state index contributed by atoms with van der Waals surface area (Å²) in [6.07, 6.45) is 5.25. The molecule has 4 nitrogen and oxygen atoms in total. The average Bonchev–Trinajstić information content (AvgIpc) is 2.77. The molecule has 0 amide bonds. The fourth-order valence-electron chi connectivity index (χ4n) is 2.55. The molecule has 0 aliphatic carbocycles. The van der Waals surface area contributed by atoms with Crippen molar-refractivity contribution in [3.63, 3.8) is 0 Å². The summed E-state index contributed by atoms with van der Waals surface area (Å²) in [5.41, 5.74) is 6.72. The van der Waals surface area contributed by atoms with Crippen LogP contribution >= 0.6 is 0 Å². The third-order valence-corrected chi connectivity index (χ3v) is 3.80. The lowest BCUT2D eigenvalue weighted by atomic mass is 9.91. The molecule has 1 aliphatic heterocycles. The van der Waals surface area contributed by atoms with E-state index in [0.29, 0.717) is 12.6 Å². The molecule has 1 aromatic heterocycles. The Bertz CT molecular complexity index is 340. The van der Waals surface area contributed by atoms with Gasteiger partial charge in [-0.15, -0.1) is 0 Å². The molecule has 0 bridgehead atoms. The first-order valence-electron chi connectivity index (χ1n) is 6.57. The lowest BCUT2D eigenvalue weighted by molar-refractivity contribution is 0.145. The number of rotatable bonds is 4. The van der Waals surface area contributed by atoms with Gasteiger partial charge in [0, 0.05) is 24.6 Å². The van der Waals surface area contributed by atoms with E-state index in [1.54, 1.807) is 6.20 Å². The predicted octanol–water partition coefficient (Wildman–Crippen LogP) is 1.80. The van der Waals surface area contributed by atoms with E-state index in [1.165, 1.54) is 25.9 Å². The third-order valence-electron chi connectivity index (χ3n) is 3.80. The van der Waals surface area contributed by atoms with E-state index < -0.39 is 0 Å². The van der Waals surface area contributed by atoms with Crippen molar-refractivity contribution in [1.82, 2.24) is 10.1 Å². The van der Waals surface area contributed by atoms with Crippen molar-refractivity contribution < 1.29 is 4.52 Å². The fraction of sp³-hybridized carbons (Fsp3) is 0.769. The zero-order chi connectivity index (χ0) is 12.3. The number of hydrogen-bond acceptors (Lipinski definition) is 4. The first-order chi connectivity index (χ1) is 8.20. The van der Waals surface area contributed by atoms with E-state index in [-0.39, 0.29) is 0 Å². The summed E-state index contributed by atoms with van der Waals surface area (Å²) in [7, 11) is 0. The SMILES string of the molecule is CC(C)N1CCC(Cc2oncc2CN)CC1. The van der Waals surface area contributed by atoms with Crippen LogP contribution in [0.25, 0.3) is 0 Å². The van der Waals surface area contributed by atoms with Gasteiger partial charge in [0.2, 0.25) is 0 Å². The second-order valence-electron chi connectivity index (χ2n) is 5.26. The summed E-state index contributed by atoms with van der Waals surface area (Å²) >= 11 is 0. The second-order valence-corrected chi connectivity index (χ2v) is 5.26. The molecule has 2 heterocycles. The molecule has 1 fully saturated rings. The normalized spacial score (nSPS) is 19.1. The second kappa shape index (κ2) is 5.65. The van der Waals surface area contributed by atoms with Crippen LogP contribution in [0.15, 0.2) is 10.7 Å². The first-order valence-corrected chi connectivity index (χ1v) is 6.57. The zero-order valence-corrected chi connectivity index (χ0v) is 10.9. The maximum Gasteiger partial charge on any atom is 0.141 e. The van der Waals surface area contributed by atoms with Crippen molar-refractivity contribution in [2.75, 3.05) is 13.1 Å². The van der Waals surface area contributed by atoms with Gasteiger partial charge in [-0.2, -0.15) is 0 Å². The van der Waals surface area contributed by atoms with E-state index in [2.05, 4.69) is 23.9 Å². The minimum atomic E-state index is 0.531. The molecule has 96 valence electrons. The maximum atomic E-state index is 5.65. The molecule has 0 radical (unpaired) electrons. The predicted molar refractivity (Wildman–Crippen MR) is 67.5 cm³/mol. The van der Waals surface area contributed by atoms with Crippen LogP contribution in [-0.4, -0.2) is 29.2 Å². The summed E-state index contributed by atoms with van der Waals surface area (Å²) in [4.78, 5) is 2.54. The molecule has 4 heteroatoms. The van der Waals surface area contributed by atoms with Crippen LogP contribution in [0.1, 0.15) is 38.0 Å². The van der Waals surface area contributed by atoms with Gasteiger partial charge in [0.15, 0.2) is 0 Å². The Morgan fingerprint density at radius 1 is 1.47 bits per heavy atom. The molecular formula is C13H23N3O. The van der Waals surface area contributed by atoms with Crippen LogP contribution in [0.4, 0.5) is 0 Å². The van der Waals surface area contributed by atoms with Crippen LogP contribution in [0.5, 0.6) is 0 Å². The Morgan fingerprint density at radius 3 is 2.76 bits per heavy atom. The van der Waals surface area contributed by atoms with Crippen molar-refractivity contribution in [1.29, 1.82) is 0 Å². The van der Waals surface area contributed by atoms with Gasteiger partial charge in [0.1, 0.15) is 5.76 Å². The van der Waals surface area contributed by atoms with Gasteiger partial charge in [-0.3, -0.25) is 0 Å². The Labute approximate surface area is 103 Å². The highest BCUT2D eigenvalue weighted by molar-refractivity contribution is 5.13. The number of nitrogens with zero attached hydrogens (tertiary/aromatic N) is 2. The standard InChI is InChI=1S/C13H23N3O/c1-10(2)16-5-3-11(4-6-16)7-13-12(8-14)9-15-17-13/h9-11H,3-8,14H2,1-2H3. The van der Waals surface area contributed by atoms with E-state index in [9.17, 15) is 0 Å². The number of hydrogen-bond donors (Lipinski definition) is 1. The molecule has 0 atom stereocenters. The smallest absolute Gasteiger partial charge is 0.141 e. The van der Waals surface area contributed by atoms with Gasteiger partial charge in [0.05, 0.1) is 6.20 Å². The number of aromatic nitrogens is 1. The van der Waals surface area contributed by atoms with Crippen LogP contribution in [0.3, 0.4) is 0 Å². The molecule has 2 N–H and O–H groups in total. The molecule has 1 saturated heterocycles. The van der Waals surface area contributed by atoms with E-state index in [1.807, 2.05) is 0 Å². The first kappa shape index (κ1) is 12.6. The highest BCUT2D eigenvalue weighted by atomic mass is 16.5. The topological polar surface area (TPSA) is 55.3 Å². The third kappa shape index (κ3) is 3.07. The molecule has 2 rings (SSSR count). The number of piperidine rings is 1. The zero-order valence-electron chi connectivity index (χ0n) is 10.9. The highest BCUT2D eigenvalue weighted by Crippen LogP contribution is 2.24. The van der Waals surface area contributed by atoms with Crippen LogP contribution in [0, 0.1) is 5.92 Å². The molecule has 0 spiro atoms. The van der Waals surface area contributed by atoms with Gasteiger partial charge in [-0.1, -0.05) is 5.16 Å². The molecule has 0 saturated carbocycles. The highest BCUT2D eigenvalue weighted by Gasteiger charge is 2.22. The van der Waals surface area contributed by atoms with Crippen molar-refractivity contribution >= 4 is 0 Å². The van der Waals surface area contributed by atoms with Crippen LogP contribution < -0.4 is 5.73 Å². The van der Waals surface area contributed by atoms with E-state index in [0.717, 1.165) is 23.7 Å². The molecule has 0 aromatic carbocycles. The monoisotopic (exact) mass is 237 g/mol. The summed E-state index contributed by atoms with van der Waals surface area (Å²) in [5, 5.41) is 3.84. The molecule has 1 aliphatic rings. The van der Waals surface area contributed by atoms with Crippen LogP contribution in [-0.2, 0) is 13.0 Å². The van der Waals surface area contributed by atoms with Gasteiger partial charge in [0.25, 0.3) is 0 Å². The Morgan fingerprint density at radius 2 is 2.18 bits per heavy atom. The van der Waals surface area contributed by atoms with Crippen molar-refractivity contribution in [3.8, 4) is 0 Å². The van der Waals surface area contributed by atoms with Crippen molar-refractivity contribution in [3.05, 3.63) is 17.5 Å². The summed E-state index contributed by atoms with van der Waals surface area (Å²) in [5.74, 6) is 1.72. The largest absolute Gasteiger partial charge is 0.361 e. The molecule has 1 aromatic rings. The van der Waals surface area contributed by atoms with Crippen molar-refractivity contribution in [2.24, 2.45) is 11.7 Å². The Kier molecular flexibility index (Phi) is 4.18. The molecule has 0 unspecified atom stereocenters. The van der Waals surface area contributed by atoms with Gasteiger partial charge >= 0.3 is 0 Å².